The van der Waals surface area contributed by atoms with Crippen LogP contribution in [0.5, 0.6) is 6.01 Å². The van der Waals surface area contributed by atoms with Gasteiger partial charge in [-0.25, -0.2) is 0 Å². The van der Waals surface area contributed by atoms with Gasteiger partial charge in [0.15, 0.2) is 17.3 Å². The largest absolute Gasteiger partial charge is 0.467 e. The van der Waals surface area contributed by atoms with E-state index in [9.17, 15) is 4.79 Å². The van der Waals surface area contributed by atoms with Gasteiger partial charge in [0.2, 0.25) is 11.7 Å². The predicted molar refractivity (Wildman–Crippen MR) is 97.8 cm³/mol. The van der Waals surface area contributed by atoms with Crippen molar-refractivity contribution in [2.75, 3.05) is 25.1 Å². The quantitative estimate of drug-likeness (QED) is 0.681. The number of carbonyl (C=O) groups is 1. The number of piperidine rings is 1. The van der Waals surface area contributed by atoms with Crippen LogP contribution in [0.1, 0.15) is 35.6 Å². The number of amides is 1. The third kappa shape index (κ3) is 3.95. The minimum Gasteiger partial charge on any atom is -0.467 e. The smallest absolute Gasteiger partial charge is 0.321 e. The third-order valence-electron chi connectivity index (χ3n) is 4.38. The molecule has 0 spiro atoms. The summed E-state index contributed by atoms with van der Waals surface area (Å²) in [6.45, 7) is 1.91. The maximum atomic E-state index is 12.4. The summed E-state index contributed by atoms with van der Waals surface area (Å²) >= 11 is 0. The van der Waals surface area contributed by atoms with Gasteiger partial charge in [-0.2, -0.15) is 15.0 Å². The number of nitrogens with one attached hydrogen (secondary N) is 1. The Morgan fingerprint density at radius 2 is 2.07 bits per heavy atom. The van der Waals surface area contributed by atoms with Crippen LogP contribution in [-0.2, 0) is 6.54 Å². The fraction of sp³-hybridized carbons (Fsp3) is 0.389. The van der Waals surface area contributed by atoms with Gasteiger partial charge in [0.25, 0.3) is 5.91 Å². The highest BCUT2D eigenvalue weighted by atomic mass is 16.5. The first kappa shape index (κ1) is 18.0. The number of ether oxygens (including phenoxy) is 1. The summed E-state index contributed by atoms with van der Waals surface area (Å²) in [5.74, 6) is 1.46. The molecule has 146 valence electrons. The molecule has 1 N–H and O–H groups in total. The molecule has 10 nitrogen and oxygen atoms in total. The second-order valence-corrected chi connectivity index (χ2v) is 6.32. The zero-order valence-corrected chi connectivity index (χ0v) is 15.4. The lowest BCUT2D eigenvalue weighted by molar-refractivity contribution is 0.0940. The summed E-state index contributed by atoms with van der Waals surface area (Å²) < 4.78 is 15.6. The summed E-state index contributed by atoms with van der Waals surface area (Å²) in [6, 6.07) is 5.19. The number of nitrogens with zero attached hydrogens (tertiary/aromatic N) is 5. The van der Waals surface area contributed by atoms with E-state index in [0.717, 1.165) is 25.9 Å². The summed E-state index contributed by atoms with van der Waals surface area (Å²) in [5.41, 5.74) is 0.142. The van der Waals surface area contributed by atoms with Gasteiger partial charge in [0, 0.05) is 19.2 Å². The zero-order valence-electron chi connectivity index (χ0n) is 15.4. The molecule has 1 aliphatic rings. The lowest BCUT2D eigenvalue weighted by Gasteiger charge is -2.26. The molecule has 0 radical (unpaired) electrons. The minimum absolute atomic E-state index is 0.113. The van der Waals surface area contributed by atoms with Crippen LogP contribution in [0, 0.1) is 0 Å². The molecule has 4 heterocycles. The van der Waals surface area contributed by atoms with E-state index in [1.165, 1.54) is 25.9 Å². The first-order chi connectivity index (χ1) is 13.7. The Kier molecular flexibility index (Phi) is 5.18. The van der Waals surface area contributed by atoms with Gasteiger partial charge in [0.05, 0.1) is 19.9 Å². The standard InChI is InChI=1S/C18H20N6O4/c1-26-18-21-15(20-17(22-18)24-7-3-2-4-8-24)11-19-16(25)12-10-14(28-23-12)13-6-5-9-27-13/h5-6,9-10H,2-4,7-8,11H2,1H3,(H,19,25). The van der Waals surface area contributed by atoms with Crippen LogP contribution in [0.2, 0.25) is 0 Å². The number of carbonyl (C=O) groups excluding carboxylic acids is 1. The van der Waals surface area contributed by atoms with E-state index in [1.807, 2.05) is 0 Å². The van der Waals surface area contributed by atoms with Crippen molar-refractivity contribution in [1.82, 2.24) is 25.4 Å². The monoisotopic (exact) mass is 384 g/mol. The van der Waals surface area contributed by atoms with Crippen molar-refractivity contribution in [1.29, 1.82) is 0 Å². The van der Waals surface area contributed by atoms with E-state index in [0.29, 0.717) is 23.3 Å². The molecule has 0 aromatic carbocycles. The fourth-order valence-corrected chi connectivity index (χ4v) is 2.96. The topological polar surface area (TPSA) is 119 Å². The molecule has 0 bridgehead atoms. The van der Waals surface area contributed by atoms with Crippen LogP contribution in [-0.4, -0.2) is 46.2 Å². The van der Waals surface area contributed by atoms with Gasteiger partial charge in [-0.3, -0.25) is 4.79 Å². The van der Waals surface area contributed by atoms with E-state index in [-0.39, 0.29) is 18.2 Å². The van der Waals surface area contributed by atoms with E-state index in [2.05, 4.69) is 30.3 Å². The predicted octanol–water partition coefficient (Wildman–Crippen LogP) is 2.05. The van der Waals surface area contributed by atoms with Gasteiger partial charge in [-0.15, -0.1) is 0 Å². The van der Waals surface area contributed by atoms with Gasteiger partial charge >= 0.3 is 6.01 Å². The van der Waals surface area contributed by atoms with E-state index >= 15 is 0 Å². The molecule has 0 aliphatic carbocycles. The Morgan fingerprint density at radius 1 is 1.21 bits per heavy atom. The molecule has 3 aromatic rings. The molecule has 3 aromatic heterocycles. The molecule has 1 amide bonds. The highest BCUT2D eigenvalue weighted by molar-refractivity contribution is 5.92. The lowest BCUT2D eigenvalue weighted by atomic mass is 10.1. The Bertz CT molecular complexity index is 933. The maximum absolute atomic E-state index is 12.4. The fourth-order valence-electron chi connectivity index (χ4n) is 2.96. The molecule has 10 heteroatoms. The SMILES string of the molecule is COc1nc(CNC(=O)c2cc(-c3ccco3)on2)nc(N2CCCCC2)n1. The molecule has 1 saturated heterocycles. The molecule has 28 heavy (non-hydrogen) atoms. The zero-order chi connectivity index (χ0) is 19.3. The van der Waals surface area contributed by atoms with Crippen molar-refractivity contribution >= 4 is 11.9 Å². The van der Waals surface area contributed by atoms with Gasteiger partial charge in [0.1, 0.15) is 0 Å². The highest BCUT2D eigenvalue weighted by Crippen LogP contribution is 2.21. The average molecular weight is 384 g/mol. The van der Waals surface area contributed by atoms with Crippen molar-refractivity contribution in [3.8, 4) is 17.5 Å². The summed E-state index contributed by atoms with van der Waals surface area (Å²) in [4.78, 5) is 27.5. The van der Waals surface area contributed by atoms with Crippen LogP contribution in [0.4, 0.5) is 5.95 Å². The number of aromatic nitrogens is 4. The van der Waals surface area contributed by atoms with Crippen LogP contribution in [0.25, 0.3) is 11.5 Å². The molecule has 0 saturated carbocycles. The second kappa shape index (κ2) is 8.07. The second-order valence-electron chi connectivity index (χ2n) is 6.32. The lowest BCUT2D eigenvalue weighted by Crippen LogP contribution is -2.32. The van der Waals surface area contributed by atoms with Crippen molar-refractivity contribution in [2.24, 2.45) is 0 Å². The first-order valence-corrected chi connectivity index (χ1v) is 9.05. The molecule has 4 rings (SSSR count). The van der Waals surface area contributed by atoms with E-state index < -0.39 is 5.91 Å². The van der Waals surface area contributed by atoms with Crippen molar-refractivity contribution in [3.63, 3.8) is 0 Å². The maximum Gasteiger partial charge on any atom is 0.321 e. The average Bonchev–Trinajstić information content (AvgIpc) is 3.44. The summed E-state index contributed by atoms with van der Waals surface area (Å²) in [7, 11) is 1.50. The minimum atomic E-state index is -0.402. The van der Waals surface area contributed by atoms with Crippen LogP contribution >= 0.6 is 0 Å². The number of hydrogen-bond donors (Lipinski definition) is 1. The number of hydrogen-bond acceptors (Lipinski definition) is 9. The molecule has 0 unspecified atom stereocenters. The van der Waals surface area contributed by atoms with Crippen LogP contribution in [0.3, 0.4) is 0 Å². The number of furan rings is 1. The number of anilines is 1. The number of methoxy groups -OCH3 is 1. The van der Waals surface area contributed by atoms with E-state index in [1.54, 1.807) is 12.1 Å². The summed E-state index contributed by atoms with van der Waals surface area (Å²) in [6.07, 6.45) is 4.93. The Labute approximate surface area is 160 Å². The van der Waals surface area contributed by atoms with Crippen molar-refractivity contribution < 1.29 is 18.5 Å². The normalized spacial score (nSPS) is 14.1. The molecular weight excluding hydrogens is 364 g/mol. The molecule has 1 fully saturated rings. The van der Waals surface area contributed by atoms with Crippen LogP contribution in [0.15, 0.2) is 33.4 Å². The van der Waals surface area contributed by atoms with Crippen LogP contribution < -0.4 is 15.0 Å². The van der Waals surface area contributed by atoms with Crippen molar-refractivity contribution in [2.45, 2.75) is 25.8 Å². The van der Waals surface area contributed by atoms with E-state index in [4.69, 9.17) is 13.7 Å². The first-order valence-electron chi connectivity index (χ1n) is 9.05. The molecule has 1 aliphatic heterocycles. The molecular formula is C18H20N6O4. The molecule has 0 atom stereocenters. The summed E-state index contributed by atoms with van der Waals surface area (Å²) in [5, 5.41) is 6.51. The van der Waals surface area contributed by atoms with Gasteiger partial charge in [-0.1, -0.05) is 5.16 Å². The van der Waals surface area contributed by atoms with Crippen molar-refractivity contribution in [3.05, 3.63) is 36.0 Å². The third-order valence-corrected chi connectivity index (χ3v) is 4.38. The number of rotatable bonds is 6. The highest BCUT2D eigenvalue weighted by Gasteiger charge is 2.18. The Hall–Kier alpha value is -3.43. The Morgan fingerprint density at radius 3 is 2.82 bits per heavy atom. The van der Waals surface area contributed by atoms with Gasteiger partial charge in [-0.05, 0) is 31.4 Å². The van der Waals surface area contributed by atoms with Gasteiger partial charge < -0.3 is 23.9 Å². The Balaban J connectivity index is 1.44.